The van der Waals surface area contributed by atoms with Crippen LogP contribution in [0.4, 0.5) is 0 Å². The van der Waals surface area contributed by atoms with E-state index < -0.39 is 5.60 Å². The number of nitrogens with one attached hydrogen (secondary N) is 1. The predicted molar refractivity (Wildman–Crippen MR) is 73.3 cm³/mol. The Hall–Kier alpha value is -0.610. The number of aliphatic hydroxyl groups is 1. The Bertz CT molecular complexity index is 271. The van der Waals surface area contributed by atoms with Crippen molar-refractivity contribution in [2.45, 2.75) is 46.1 Å². The molecule has 0 aromatic carbocycles. The maximum Gasteiger partial charge on any atom is 0.222 e. The standard InChI is InChI=1S/C14H28N2O2/c1-11(2)13(17)15-8-12-6-5-7-16(9-12)10-14(3,4)18/h11-12,18H,5-10H2,1-4H3,(H,15,17). The van der Waals surface area contributed by atoms with Crippen molar-refractivity contribution in [2.75, 3.05) is 26.2 Å². The lowest BCUT2D eigenvalue weighted by Gasteiger charge is -2.36. The highest BCUT2D eigenvalue weighted by Gasteiger charge is 2.24. The van der Waals surface area contributed by atoms with Crippen molar-refractivity contribution >= 4 is 5.91 Å². The number of carbonyl (C=O) groups excluding carboxylic acids is 1. The van der Waals surface area contributed by atoms with Crippen LogP contribution in [-0.2, 0) is 4.79 Å². The highest BCUT2D eigenvalue weighted by Crippen LogP contribution is 2.18. The molecule has 18 heavy (non-hydrogen) atoms. The number of rotatable bonds is 5. The molecule has 2 N–H and O–H groups in total. The molecule has 0 aliphatic carbocycles. The van der Waals surface area contributed by atoms with Gasteiger partial charge in [-0.25, -0.2) is 0 Å². The molecule has 0 saturated carbocycles. The van der Waals surface area contributed by atoms with Gasteiger partial charge in [-0.3, -0.25) is 4.79 Å². The van der Waals surface area contributed by atoms with Crippen LogP contribution in [0.3, 0.4) is 0 Å². The predicted octanol–water partition coefficient (Wildman–Crippen LogP) is 1.24. The van der Waals surface area contributed by atoms with Crippen molar-refractivity contribution in [3.05, 3.63) is 0 Å². The molecule has 1 unspecified atom stereocenters. The number of nitrogens with zero attached hydrogens (tertiary/aromatic N) is 1. The van der Waals surface area contributed by atoms with Crippen LogP contribution in [-0.4, -0.2) is 47.7 Å². The molecule has 4 nitrogen and oxygen atoms in total. The zero-order chi connectivity index (χ0) is 13.8. The first-order chi connectivity index (χ1) is 8.28. The summed E-state index contributed by atoms with van der Waals surface area (Å²) in [6.07, 6.45) is 2.32. The van der Waals surface area contributed by atoms with Crippen LogP contribution < -0.4 is 5.32 Å². The zero-order valence-electron chi connectivity index (χ0n) is 12.2. The van der Waals surface area contributed by atoms with Gasteiger partial charge < -0.3 is 15.3 Å². The molecule has 0 aromatic heterocycles. The van der Waals surface area contributed by atoms with Gasteiger partial charge in [-0.15, -0.1) is 0 Å². The van der Waals surface area contributed by atoms with Gasteiger partial charge >= 0.3 is 0 Å². The van der Waals surface area contributed by atoms with Crippen LogP contribution >= 0.6 is 0 Å². The molecule has 1 saturated heterocycles. The third-order valence-corrected chi connectivity index (χ3v) is 3.30. The second-order valence-electron chi connectivity index (χ2n) is 6.46. The van der Waals surface area contributed by atoms with Gasteiger partial charge in [0.05, 0.1) is 5.60 Å². The summed E-state index contributed by atoms with van der Waals surface area (Å²) < 4.78 is 0. The molecule has 0 aromatic rings. The van der Waals surface area contributed by atoms with Crippen molar-refractivity contribution in [1.82, 2.24) is 10.2 Å². The van der Waals surface area contributed by atoms with Crippen molar-refractivity contribution < 1.29 is 9.90 Å². The van der Waals surface area contributed by atoms with Gasteiger partial charge in [0, 0.05) is 25.6 Å². The normalized spacial score (nSPS) is 22.2. The first-order valence-corrected chi connectivity index (χ1v) is 7.00. The third-order valence-electron chi connectivity index (χ3n) is 3.30. The monoisotopic (exact) mass is 256 g/mol. The van der Waals surface area contributed by atoms with E-state index in [1.165, 1.54) is 6.42 Å². The highest BCUT2D eigenvalue weighted by molar-refractivity contribution is 5.77. The lowest BCUT2D eigenvalue weighted by molar-refractivity contribution is -0.124. The van der Waals surface area contributed by atoms with Gasteiger partial charge in [0.1, 0.15) is 0 Å². The van der Waals surface area contributed by atoms with Gasteiger partial charge in [-0.1, -0.05) is 13.8 Å². The first kappa shape index (κ1) is 15.4. The smallest absolute Gasteiger partial charge is 0.222 e. The minimum Gasteiger partial charge on any atom is -0.389 e. The largest absolute Gasteiger partial charge is 0.389 e. The molecule has 106 valence electrons. The SMILES string of the molecule is CC(C)C(=O)NCC1CCCN(CC(C)(C)O)C1. The maximum atomic E-state index is 11.5. The topological polar surface area (TPSA) is 52.6 Å². The van der Waals surface area contributed by atoms with E-state index >= 15 is 0 Å². The van der Waals surface area contributed by atoms with Gasteiger partial charge in [0.2, 0.25) is 5.91 Å². The minimum atomic E-state index is -0.636. The molecule has 1 aliphatic heterocycles. The number of likely N-dealkylation sites (tertiary alicyclic amines) is 1. The van der Waals surface area contributed by atoms with Crippen LogP contribution in [0.25, 0.3) is 0 Å². The summed E-state index contributed by atoms with van der Waals surface area (Å²) in [4.78, 5) is 13.8. The number of piperidine rings is 1. The quantitative estimate of drug-likeness (QED) is 0.778. The fourth-order valence-corrected chi connectivity index (χ4v) is 2.46. The van der Waals surface area contributed by atoms with Crippen LogP contribution in [0.2, 0.25) is 0 Å². The number of carbonyl (C=O) groups is 1. The van der Waals surface area contributed by atoms with E-state index in [-0.39, 0.29) is 11.8 Å². The van der Waals surface area contributed by atoms with Crippen LogP contribution in [0.5, 0.6) is 0 Å². The highest BCUT2D eigenvalue weighted by atomic mass is 16.3. The Balaban J connectivity index is 2.33. The summed E-state index contributed by atoms with van der Waals surface area (Å²) in [5.74, 6) is 0.708. The van der Waals surface area contributed by atoms with E-state index in [0.29, 0.717) is 12.5 Å². The van der Waals surface area contributed by atoms with E-state index in [4.69, 9.17) is 0 Å². The van der Waals surface area contributed by atoms with Crippen molar-refractivity contribution in [3.63, 3.8) is 0 Å². The average molecular weight is 256 g/mol. The second kappa shape index (κ2) is 6.53. The van der Waals surface area contributed by atoms with Crippen molar-refractivity contribution in [3.8, 4) is 0 Å². The number of amides is 1. The number of β-amino-alcohol motifs (C(OH)–C–C–N with tert-alkyl or cyclic N) is 1. The molecule has 1 fully saturated rings. The Labute approximate surface area is 111 Å². The molecule has 1 atom stereocenters. The zero-order valence-corrected chi connectivity index (χ0v) is 12.2. The molecule has 1 aliphatic rings. The summed E-state index contributed by atoms with van der Waals surface area (Å²) in [5, 5.41) is 12.8. The summed E-state index contributed by atoms with van der Waals surface area (Å²) in [5.41, 5.74) is -0.636. The lowest BCUT2D eigenvalue weighted by Crippen LogP contribution is -2.46. The lowest BCUT2D eigenvalue weighted by atomic mass is 9.96. The van der Waals surface area contributed by atoms with E-state index in [0.717, 1.165) is 26.1 Å². The molecular weight excluding hydrogens is 228 g/mol. The van der Waals surface area contributed by atoms with Gasteiger partial charge in [-0.05, 0) is 39.2 Å². The first-order valence-electron chi connectivity index (χ1n) is 7.00. The van der Waals surface area contributed by atoms with Crippen LogP contribution in [0.15, 0.2) is 0 Å². The molecule has 0 radical (unpaired) electrons. The third kappa shape index (κ3) is 5.83. The summed E-state index contributed by atoms with van der Waals surface area (Å²) in [6, 6.07) is 0. The fraction of sp³-hybridized carbons (Fsp3) is 0.929. The number of hydrogen-bond acceptors (Lipinski definition) is 3. The van der Waals surface area contributed by atoms with E-state index in [1.54, 1.807) is 0 Å². The van der Waals surface area contributed by atoms with Gasteiger partial charge in [0.25, 0.3) is 0 Å². The van der Waals surface area contributed by atoms with Gasteiger partial charge in [0.15, 0.2) is 0 Å². The molecule has 0 spiro atoms. The fourth-order valence-electron chi connectivity index (χ4n) is 2.46. The van der Waals surface area contributed by atoms with E-state index in [2.05, 4.69) is 10.2 Å². The molecule has 0 bridgehead atoms. The van der Waals surface area contributed by atoms with Crippen LogP contribution in [0, 0.1) is 11.8 Å². The Morgan fingerprint density at radius 3 is 2.72 bits per heavy atom. The summed E-state index contributed by atoms with van der Waals surface area (Å²) >= 11 is 0. The minimum absolute atomic E-state index is 0.0565. The number of hydrogen-bond donors (Lipinski definition) is 2. The van der Waals surface area contributed by atoms with Crippen molar-refractivity contribution in [2.24, 2.45) is 11.8 Å². The second-order valence-corrected chi connectivity index (χ2v) is 6.46. The van der Waals surface area contributed by atoms with Crippen LogP contribution in [0.1, 0.15) is 40.5 Å². The summed E-state index contributed by atoms with van der Waals surface area (Å²) in [6.45, 7) is 11.0. The molecule has 1 heterocycles. The maximum absolute atomic E-state index is 11.5. The van der Waals surface area contributed by atoms with Gasteiger partial charge in [-0.2, -0.15) is 0 Å². The van der Waals surface area contributed by atoms with Crippen molar-refractivity contribution in [1.29, 1.82) is 0 Å². The Kier molecular flexibility index (Phi) is 5.60. The Morgan fingerprint density at radius 2 is 2.17 bits per heavy atom. The average Bonchev–Trinajstić information content (AvgIpc) is 2.23. The molecule has 1 rings (SSSR count). The molecule has 1 amide bonds. The van der Waals surface area contributed by atoms with E-state index in [9.17, 15) is 9.90 Å². The Morgan fingerprint density at radius 1 is 1.50 bits per heavy atom. The van der Waals surface area contributed by atoms with E-state index in [1.807, 2.05) is 27.7 Å². The summed E-state index contributed by atoms with van der Waals surface area (Å²) in [7, 11) is 0. The molecule has 4 heteroatoms. The molecular formula is C14H28N2O2.